The van der Waals surface area contributed by atoms with Crippen LogP contribution in [0.4, 0.5) is 0 Å². The van der Waals surface area contributed by atoms with Crippen molar-refractivity contribution >= 4 is 5.91 Å². The Morgan fingerprint density at radius 2 is 2.44 bits per heavy atom. The summed E-state index contributed by atoms with van der Waals surface area (Å²) in [5, 5.41) is 10.0. The molecule has 0 bridgehead atoms. The lowest BCUT2D eigenvalue weighted by Crippen LogP contribution is -2.50. The predicted octanol–water partition coefficient (Wildman–Crippen LogP) is 0.425. The highest BCUT2D eigenvalue weighted by molar-refractivity contribution is 5.76. The number of aryl methyl sites for hydroxylation is 2. The number of hydrogen-bond acceptors (Lipinski definition) is 5. The van der Waals surface area contributed by atoms with E-state index in [0.29, 0.717) is 30.5 Å². The highest BCUT2D eigenvalue weighted by Gasteiger charge is 2.22. The van der Waals surface area contributed by atoms with E-state index in [0.717, 1.165) is 19.5 Å². The monoisotopic (exact) mass is 252 g/mol. The molecular formula is C12H20N4O2. The molecule has 0 radical (unpaired) electrons. The molecule has 2 N–H and O–H groups in total. The Hall–Kier alpha value is -1.43. The standard InChI is InChI=1S/C12H20N4O2/c1-8-5-6-13-7-10(8)15-11(17)3-4-12-14-9(2)16-18-12/h8,10,13H,3-7H2,1-2H3,(H,15,17). The Morgan fingerprint density at radius 3 is 3.11 bits per heavy atom. The van der Waals surface area contributed by atoms with E-state index >= 15 is 0 Å². The topological polar surface area (TPSA) is 80.0 Å². The highest BCUT2D eigenvalue weighted by Crippen LogP contribution is 2.11. The van der Waals surface area contributed by atoms with Gasteiger partial charge in [-0.15, -0.1) is 0 Å². The third-order valence-corrected chi connectivity index (χ3v) is 3.31. The summed E-state index contributed by atoms with van der Waals surface area (Å²) in [5.41, 5.74) is 0. The summed E-state index contributed by atoms with van der Waals surface area (Å²) >= 11 is 0. The van der Waals surface area contributed by atoms with Crippen LogP contribution in [0.1, 0.15) is 31.5 Å². The van der Waals surface area contributed by atoms with Crippen LogP contribution in [-0.4, -0.2) is 35.2 Å². The molecule has 100 valence electrons. The largest absolute Gasteiger partial charge is 0.352 e. The highest BCUT2D eigenvalue weighted by atomic mass is 16.5. The van der Waals surface area contributed by atoms with Crippen molar-refractivity contribution in [2.75, 3.05) is 13.1 Å². The van der Waals surface area contributed by atoms with Gasteiger partial charge in [0.2, 0.25) is 11.8 Å². The number of nitrogens with one attached hydrogen (secondary N) is 2. The van der Waals surface area contributed by atoms with Crippen LogP contribution in [0.2, 0.25) is 0 Å². The van der Waals surface area contributed by atoms with Gasteiger partial charge in [0.15, 0.2) is 5.82 Å². The summed E-state index contributed by atoms with van der Waals surface area (Å²) in [4.78, 5) is 15.9. The van der Waals surface area contributed by atoms with Crippen molar-refractivity contribution in [3.8, 4) is 0 Å². The van der Waals surface area contributed by atoms with E-state index in [2.05, 4.69) is 27.7 Å². The average Bonchev–Trinajstić information content (AvgIpc) is 2.76. The van der Waals surface area contributed by atoms with Crippen molar-refractivity contribution in [1.29, 1.82) is 0 Å². The van der Waals surface area contributed by atoms with E-state index < -0.39 is 0 Å². The molecule has 1 aliphatic rings. The first-order chi connectivity index (χ1) is 8.65. The molecule has 2 atom stereocenters. The minimum atomic E-state index is 0.0476. The number of carbonyl (C=O) groups excluding carboxylic acids is 1. The molecule has 6 nitrogen and oxygen atoms in total. The van der Waals surface area contributed by atoms with Crippen LogP contribution in [0, 0.1) is 12.8 Å². The van der Waals surface area contributed by atoms with E-state index in [1.54, 1.807) is 6.92 Å². The molecule has 6 heteroatoms. The molecule has 1 aromatic rings. The van der Waals surface area contributed by atoms with Crippen molar-refractivity contribution in [1.82, 2.24) is 20.8 Å². The molecule has 1 saturated heterocycles. The Kier molecular flexibility index (Phi) is 4.30. The minimum absolute atomic E-state index is 0.0476. The molecule has 2 unspecified atom stereocenters. The number of aromatic nitrogens is 2. The van der Waals surface area contributed by atoms with Crippen LogP contribution < -0.4 is 10.6 Å². The molecule has 1 aromatic heterocycles. The fourth-order valence-corrected chi connectivity index (χ4v) is 2.12. The van der Waals surface area contributed by atoms with Crippen LogP contribution >= 0.6 is 0 Å². The van der Waals surface area contributed by atoms with Gasteiger partial charge in [0.05, 0.1) is 0 Å². The maximum absolute atomic E-state index is 11.8. The van der Waals surface area contributed by atoms with Crippen LogP contribution in [0.5, 0.6) is 0 Å². The number of carbonyl (C=O) groups is 1. The quantitative estimate of drug-likeness (QED) is 0.812. The Labute approximate surface area is 107 Å². The summed E-state index contributed by atoms with van der Waals surface area (Å²) in [7, 11) is 0. The van der Waals surface area contributed by atoms with Gasteiger partial charge in [-0.1, -0.05) is 12.1 Å². The normalized spacial score (nSPS) is 23.9. The first-order valence-corrected chi connectivity index (χ1v) is 6.44. The average molecular weight is 252 g/mol. The zero-order valence-corrected chi connectivity index (χ0v) is 10.9. The van der Waals surface area contributed by atoms with Gasteiger partial charge in [-0.05, 0) is 25.8 Å². The Bertz CT molecular complexity index is 405. The maximum atomic E-state index is 11.8. The first-order valence-electron chi connectivity index (χ1n) is 6.44. The zero-order valence-electron chi connectivity index (χ0n) is 10.9. The lowest BCUT2D eigenvalue weighted by molar-refractivity contribution is -0.122. The predicted molar refractivity (Wildman–Crippen MR) is 65.9 cm³/mol. The molecule has 1 amide bonds. The van der Waals surface area contributed by atoms with Crippen molar-refractivity contribution in [3.63, 3.8) is 0 Å². The van der Waals surface area contributed by atoms with E-state index in [1.807, 2.05) is 0 Å². The van der Waals surface area contributed by atoms with Crippen LogP contribution in [-0.2, 0) is 11.2 Å². The Balaban J connectivity index is 1.74. The molecule has 0 aromatic carbocycles. The van der Waals surface area contributed by atoms with Gasteiger partial charge in [-0.2, -0.15) is 4.98 Å². The first kappa shape index (κ1) is 13.0. The van der Waals surface area contributed by atoms with E-state index in [4.69, 9.17) is 4.52 Å². The summed E-state index contributed by atoms with van der Waals surface area (Å²) < 4.78 is 4.97. The van der Waals surface area contributed by atoms with Gasteiger partial charge in [-0.25, -0.2) is 0 Å². The lowest BCUT2D eigenvalue weighted by atomic mass is 9.95. The fraction of sp³-hybridized carbons (Fsp3) is 0.750. The molecule has 18 heavy (non-hydrogen) atoms. The SMILES string of the molecule is Cc1noc(CCC(=O)NC2CNCCC2C)n1. The summed E-state index contributed by atoms with van der Waals surface area (Å²) in [6, 6.07) is 0.232. The van der Waals surface area contributed by atoms with E-state index in [-0.39, 0.29) is 11.9 Å². The van der Waals surface area contributed by atoms with Crippen LogP contribution in [0.25, 0.3) is 0 Å². The molecule has 1 fully saturated rings. The zero-order chi connectivity index (χ0) is 13.0. The molecule has 2 rings (SSSR count). The number of rotatable bonds is 4. The van der Waals surface area contributed by atoms with Crippen molar-refractivity contribution in [2.45, 2.75) is 39.2 Å². The van der Waals surface area contributed by atoms with Gasteiger partial charge in [0, 0.05) is 25.4 Å². The molecule has 1 aliphatic heterocycles. The van der Waals surface area contributed by atoms with Gasteiger partial charge in [0.1, 0.15) is 0 Å². The van der Waals surface area contributed by atoms with E-state index in [9.17, 15) is 4.79 Å². The third kappa shape index (κ3) is 3.53. The second kappa shape index (κ2) is 5.95. The number of hydrogen-bond donors (Lipinski definition) is 2. The smallest absolute Gasteiger partial charge is 0.227 e. The van der Waals surface area contributed by atoms with Crippen molar-refractivity contribution in [2.24, 2.45) is 5.92 Å². The summed E-state index contributed by atoms with van der Waals surface area (Å²) in [6.45, 7) is 5.83. The van der Waals surface area contributed by atoms with Crippen molar-refractivity contribution < 1.29 is 9.32 Å². The van der Waals surface area contributed by atoms with Gasteiger partial charge < -0.3 is 15.2 Å². The summed E-state index contributed by atoms with van der Waals surface area (Å²) in [6.07, 6.45) is 2.00. The molecule has 0 saturated carbocycles. The van der Waals surface area contributed by atoms with E-state index in [1.165, 1.54) is 0 Å². The van der Waals surface area contributed by atoms with Gasteiger partial charge in [-0.3, -0.25) is 4.79 Å². The second-order valence-corrected chi connectivity index (χ2v) is 4.88. The van der Waals surface area contributed by atoms with Gasteiger partial charge >= 0.3 is 0 Å². The molecule has 0 aliphatic carbocycles. The van der Waals surface area contributed by atoms with Crippen LogP contribution in [0.15, 0.2) is 4.52 Å². The lowest BCUT2D eigenvalue weighted by Gasteiger charge is -2.30. The van der Waals surface area contributed by atoms with Crippen molar-refractivity contribution in [3.05, 3.63) is 11.7 Å². The number of nitrogens with zero attached hydrogens (tertiary/aromatic N) is 2. The number of amides is 1. The maximum Gasteiger partial charge on any atom is 0.227 e. The Morgan fingerprint density at radius 1 is 1.61 bits per heavy atom. The molecule has 0 spiro atoms. The van der Waals surface area contributed by atoms with Gasteiger partial charge in [0.25, 0.3) is 0 Å². The third-order valence-electron chi connectivity index (χ3n) is 3.31. The fourth-order valence-electron chi connectivity index (χ4n) is 2.12. The molecular weight excluding hydrogens is 232 g/mol. The number of piperidine rings is 1. The second-order valence-electron chi connectivity index (χ2n) is 4.88. The summed E-state index contributed by atoms with van der Waals surface area (Å²) in [5.74, 6) is 1.71. The minimum Gasteiger partial charge on any atom is -0.352 e. The molecule has 2 heterocycles. The van der Waals surface area contributed by atoms with Crippen LogP contribution in [0.3, 0.4) is 0 Å².